The number of nitriles is 1. The highest BCUT2D eigenvalue weighted by Crippen LogP contribution is 2.30. The van der Waals surface area contributed by atoms with Crippen molar-refractivity contribution < 1.29 is 13.3 Å². The normalized spacial score (nSPS) is 10.7. The van der Waals surface area contributed by atoms with Gasteiger partial charge >= 0.3 is 0 Å². The first kappa shape index (κ1) is 16.7. The number of hydrogen-bond acceptors (Lipinski definition) is 6. The number of furan rings is 2. The van der Waals surface area contributed by atoms with E-state index >= 15 is 0 Å². The SMILES string of the molecule is Cc1ccc(CN(Cc2ccco2)c2oc(-c3ccccc3)nc2C#N)o1. The molecule has 0 amide bonds. The molecule has 0 saturated heterocycles. The Kier molecular flexibility index (Phi) is 4.50. The second-order valence-corrected chi connectivity index (χ2v) is 6.10. The van der Waals surface area contributed by atoms with Gasteiger partial charge < -0.3 is 18.2 Å². The van der Waals surface area contributed by atoms with Crippen LogP contribution in [0.3, 0.4) is 0 Å². The fraction of sp³-hybridized carbons (Fsp3) is 0.143. The van der Waals surface area contributed by atoms with Crippen molar-refractivity contribution in [2.45, 2.75) is 20.0 Å². The molecule has 134 valence electrons. The lowest BCUT2D eigenvalue weighted by molar-refractivity contribution is 0.447. The van der Waals surface area contributed by atoms with Gasteiger partial charge in [-0.1, -0.05) is 18.2 Å². The van der Waals surface area contributed by atoms with E-state index in [1.807, 2.05) is 66.4 Å². The molecule has 0 fully saturated rings. The molecule has 0 atom stereocenters. The lowest BCUT2D eigenvalue weighted by atomic mass is 10.2. The fourth-order valence-corrected chi connectivity index (χ4v) is 2.85. The van der Waals surface area contributed by atoms with Crippen LogP contribution in [0.5, 0.6) is 0 Å². The van der Waals surface area contributed by atoms with Crippen molar-refractivity contribution in [3.8, 4) is 17.5 Å². The van der Waals surface area contributed by atoms with E-state index in [1.165, 1.54) is 0 Å². The number of hydrogen-bond donors (Lipinski definition) is 0. The summed E-state index contributed by atoms with van der Waals surface area (Å²) >= 11 is 0. The standard InChI is InChI=1S/C21H17N3O3/c1-15-9-10-18(26-15)14-24(13-17-8-5-11-25-17)21-19(12-22)23-20(27-21)16-6-3-2-4-7-16/h2-11H,13-14H2,1H3. The maximum absolute atomic E-state index is 9.58. The summed E-state index contributed by atoms with van der Waals surface area (Å²) in [6.45, 7) is 2.74. The molecule has 0 saturated carbocycles. The van der Waals surface area contributed by atoms with Gasteiger partial charge in [0.15, 0.2) is 0 Å². The molecule has 0 bridgehead atoms. The summed E-state index contributed by atoms with van der Waals surface area (Å²) < 4.78 is 17.2. The lowest BCUT2D eigenvalue weighted by Crippen LogP contribution is -2.22. The van der Waals surface area contributed by atoms with Crippen LogP contribution in [-0.4, -0.2) is 4.98 Å². The minimum atomic E-state index is 0.226. The Bertz CT molecular complexity index is 1060. The van der Waals surface area contributed by atoms with Crippen molar-refractivity contribution in [2.24, 2.45) is 0 Å². The average Bonchev–Trinajstić information content (AvgIpc) is 3.43. The topological polar surface area (TPSA) is 79.3 Å². The average molecular weight is 359 g/mol. The molecule has 0 aliphatic heterocycles. The molecule has 3 aromatic heterocycles. The summed E-state index contributed by atoms with van der Waals surface area (Å²) in [7, 11) is 0. The summed E-state index contributed by atoms with van der Waals surface area (Å²) in [5, 5.41) is 9.58. The first-order chi connectivity index (χ1) is 13.2. The Morgan fingerprint density at radius 2 is 1.78 bits per heavy atom. The maximum atomic E-state index is 9.58. The van der Waals surface area contributed by atoms with Crippen LogP contribution in [0.2, 0.25) is 0 Å². The van der Waals surface area contributed by atoms with Crippen LogP contribution >= 0.6 is 0 Å². The van der Waals surface area contributed by atoms with E-state index in [4.69, 9.17) is 13.3 Å². The molecule has 0 aliphatic carbocycles. The summed E-state index contributed by atoms with van der Waals surface area (Å²) in [5.74, 6) is 3.13. The van der Waals surface area contributed by atoms with Crippen LogP contribution in [0, 0.1) is 18.3 Å². The zero-order valence-electron chi connectivity index (χ0n) is 14.8. The molecule has 0 unspecified atom stereocenters. The third-order valence-electron chi connectivity index (χ3n) is 4.09. The number of nitrogens with zero attached hydrogens (tertiary/aromatic N) is 3. The molecule has 0 N–H and O–H groups in total. The fourth-order valence-electron chi connectivity index (χ4n) is 2.85. The Labute approximate surface area is 156 Å². The third kappa shape index (κ3) is 3.62. The smallest absolute Gasteiger partial charge is 0.235 e. The third-order valence-corrected chi connectivity index (χ3v) is 4.09. The largest absolute Gasteiger partial charge is 0.467 e. The van der Waals surface area contributed by atoms with E-state index in [0.29, 0.717) is 24.9 Å². The number of anilines is 1. The Balaban J connectivity index is 1.72. The summed E-state index contributed by atoms with van der Waals surface area (Å²) in [5.41, 5.74) is 1.04. The van der Waals surface area contributed by atoms with Crippen molar-refractivity contribution in [1.82, 2.24) is 4.98 Å². The summed E-state index contributed by atoms with van der Waals surface area (Å²) in [6, 6.07) is 19.1. The molecule has 0 spiro atoms. The number of aromatic nitrogens is 1. The van der Waals surface area contributed by atoms with Crippen LogP contribution in [0.1, 0.15) is 23.0 Å². The summed E-state index contributed by atoms with van der Waals surface area (Å²) in [6.07, 6.45) is 1.62. The molecule has 27 heavy (non-hydrogen) atoms. The monoisotopic (exact) mass is 359 g/mol. The predicted octanol–water partition coefficient (Wildman–Crippen LogP) is 4.91. The van der Waals surface area contributed by atoms with E-state index in [0.717, 1.165) is 22.8 Å². The van der Waals surface area contributed by atoms with Crippen LogP contribution in [-0.2, 0) is 13.1 Å². The van der Waals surface area contributed by atoms with Crippen LogP contribution < -0.4 is 4.90 Å². The van der Waals surface area contributed by atoms with Crippen molar-refractivity contribution >= 4 is 5.88 Å². The number of benzene rings is 1. The quantitative estimate of drug-likeness (QED) is 0.486. The molecule has 4 aromatic rings. The Morgan fingerprint density at radius 3 is 2.44 bits per heavy atom. The molecule has 0 radical (unpaired) electrons. The van der Waals surface area contributed by atoms with E-state index < -0.39 is 0 Å². The van der Waals surface area contributed by atoms with Gasteiger partial charge in [0.05, 0.1) is 19.4 Å². The minimum absolute atomic E-state index is 0.226. The Hall–Kier alpha value is -3.72. The van der Waals surface area contributed by atoms with Gasteiger partial charge in [0.1, 0.15) is 23.3 Å². The van der Waals surface area contributed by atoms with E-state index in [-0.39, 0.29) is 5.69 Å². The van der Waals surface area contributed by atoms with Crippen LogP contribution in [0.25, 0.3) is 11.5 Å². The highest BCUT2D eigenvalue weighted by molar-refractivity contribution is 5.59. The van der Waals surface area contributed by atoms with Crippen molar-refractivity contribution in [2.75, 3.05) is 4.90 Å². The lowest BCUT2D eigenvalue weighted by Gasteiger charge is -2.19. The van der Waals surface area contributed by atoms with Gasteiger partial charge in [-0.05, 0) is 43.3 Å². The van der Waals surface area contributed by atoms with Crippen molar-refractivity contribution in [1.29, 1.82) is 5.26 Å². The van der Waals surface area contributed by atoms with Gasteiger partial charge in [-0.3, -0.25) is 0 Å². The zero-order chi connectivity index (χ0) is 18.6. The van der Waals surface area contributed by atoms with Gasteiger partial charge in [-0.25, -0.2) is 0 Å². The minimum Gasteiger partial charge on any atom is -0.467 e. The zero-order valence-corrected chi connectivity index (χ0v) is 14.8. The number of rotatable bonds is 6. The molecule has 4 rings (SSSR count). The van der Waals surface area contributed by atoms with E-state index in [1.54, 1.807) is 6.26 Å². The molecular formula is C21H17N3O3. The van der Waals surface area contributed by atoms with E-state index in [9.17, 15) is 5.26 Å². The van der Waals surface area contributed by atoms with Crippen molar-refractivity contribution in [3.63, 3.8) is 0 Å². The molecular weight excluding hydrogens is 342 g/mol. The number of oxazole rings is 1. The van der Waals surface area contributed by atoms with Gasteiger partial charge in [-0.15, -0.1) is 0 Å². The summed E-state index contributed by atoms with van der Waals surface area (Å²) in [4.78, 5) is 6.25. The first-order valence-electron chi connectivity index (χ1n) is 8.52. The molecule has 6 nitrogen and oxygen atoms in total. The molecule has 6 heteroatoms. The highest BCUT2D eigenvalue weighted by atomic mass is 16.4. The second-order valence-electron chi connectivity index (χ2n) is 6.10. The maximum Gasteiger partial charge on any atom is 0.235 e. The van der Waals surface area contributed by atoms with Crippen molar-refractivity contribution in [3.05, 3.63) is 83.8 Å². The van der Waals surface area contributed by atoms with E-state index in [2.05, 4.69) is 11.1 Å². The second kappa shape index (κ2) is 7.26. The highest BCUT2D eigenvalue weighted by Gasteiger charge is 2.22. The van der Waals surface area contributed by atoms with Crippen LogP contribution in [0.4, 0.5) is 5.88 Å². The van der Waals surface area contributed by atoms with Gasteiger partial charge in [0, 0.05) is 5.56 Å². The molecule has 0 aliphatic rings. The van der Waals surface area contributed by atoms with Crippen LogP contribution in [0.15, 0.2) is 74.1 Å². The van der Waals surface area contributed by atoms with Gasteiger partial charge in [0.2, 0.25) is 17.5 Å². The first-order valence-corrected chi connectivity index (χ1v) is 8.52. The predicted molar refractivity (Wildman–Crippen MR) is 98.7 cm³/mol. The molecule has 3 heterocycles. The number of aryl methyl sites for hydroxylation is 1. The van der Waals surface area contributed by atoms with Gasteiger partial charge in [-0.2, -0.15) is 10.2 Å². The Morgan fingerprint density at radius 1 is 0.963 bits per heavy atom. The van der Waals surface area contributed by atoms with Gasteiger partial charge in [0.25, 0.3) is 0 Å². The molecule has 1 aromatic carbocycles.